The number of esters is 2. The maximum Gasteiger partial charge on any atom is 0.472 e. The predicted octanol–water partition coefficient (Wildman–Crippen LogP) is 9.23. The number of ether oxygens (including phenoxy) is 2. The molecule has 0 heterocycles. The van der Waals surface area contributed by atoms with E-state index in [1.165, 1.54) is 70.6 Å². The molecule has 1 rings (SSSR count). The molecule has 334 valence electrons. The molecule has 0 aromatic heterocycles. The molecule has 58 heavy (non-hydrogen) atoms. The Morgan fingerprint density at radius 3 is 1.93 bits per heavy atom. The Labute approximate surface area is 348 Å². The molecule has 14 heteroatoms. The lowest BCUT2D eigenvalue weighted by molar-refractivity contribution is -0.161. The van der Waals surface area contributed by atoms with E-state index in [4.69, 9.17) is 24.8 Å². The number of rotatable bonds is 38. The first-order valence-electron chi connectivity index (χ1n) is 22.1. The van der Waals surface area contributed by atoms with Crippen molar-refractivity contribution < 1.29 is 57.4 Å². The van der Waals surface area contributed by atoms with Gasteiger partial charge in [-0.2, -0.15) is 0 Å². The van der Waals surface area contributed by atoms with Gasteiger partial charge in [0.15, 0.2) is 11.9 Å². The quantitative estimate of drug-likeness (QED) is 0.0198. The van der Waals surface area contributed by atoms with Gasteiger partial charge in [-0.25, -0.2) is 4.57 Å². The number of aliphatic carboxylic acids is 1. The number of carbonyl (C=O) groups is 4. The van der Waals surface area contributed by atoms with Crippen LogP contribution in [-0.4, -0.2) is 76.9 Å². The molecule has 1 aliphatic carbocycles. The molecule has 1 unspecified atom stereocenters. The molecule has 0 saturated heterocycles. The number of carboxylic acid groups (broad SMARTS) is 1. The Morgan fingerprint density at radius 2 is 1.33 bits per heavy atom. The number of carboxylic acids is 1. The van der Waals surface area contributed by atoms with Gasteiger partial charge >= 0.3 is 25.7 Å². The number of hydrogen-bond donors (Lipinski definition) is 4. The number of unbranched alkanes of at least 4 members (excludes halogenated alkanes) is 17. The van der Waals surface area contributed by atoms with Gasteiger partial charge in [0.2, 0.25) is 0 Å². The Hall–Kier alpha value is -2.67. The monoisotopic (exact) mass is 842 g/mol. The van der Waals surface area contributed by atoms with Crippen LogP contribution in [0.25, 0.3) is 0 Å². The minimum atomic E-state index is -4.76. The van der Waals surface area contributed by atoms with Crippen LogP contribution in [0.15, 0.2) is 36.5 Å². The first kappa shape index (κ1) is 53.3. The van der Waals surface area contributed by atoms with Crippen molar-refractivity contribution in [3.05, 3.63) is 36.5 Å². The minimum Gasteiger partial charge on any atom is -0.480 e. The lowest BCUT2D eigenvalue weighted by Gasteiger charge is -2.20. The van der Waals surface area contributed by atoms with Gasteiger partial charge in [-0.3, -0.25) is 28.2 Å². The summed E-state index contributed by atoms with van der Waals surface area (Å²) in [5, 5.41) is 19.1. The number of ketones is 1. The average Bonchev–Trinajstić information content (AvgIpc) is 3.55. The second-order valence-corrected chi connectivity index (χ2v) is 17.0. The zero-order valence-corrected chi connectivity index (χ0v) is 36.4. The van der Waals surface area contributed by atoms with Crippen molar-refractivity contribution in [1.29, 1.82) is 0 Å². The molecule has 0 radical (unpaired) electrons. The summed E-state index contributed by atoms with van der Waals surface area (Å²) in [7, 11) is -4.76. The molecular weight excluding hydrogens is 765 g/mol. The van der Waals surface area contributed by atoms with Crippen LogP contribution in [0.4, 0.5) is 0 Å². The van der Waals surface area contributed by atoms with Gasteiger partial charge in [-0.05, 0) is 44.1 Å². The Balaban J connectivity index is 2.45. The molecule has 0 aromatic rings. The van der Waals surface area contributed by atoms with E-state index in [1.54, 1.807) is 12.2 Å². The number of nitrogens with two attached hydrogens (primary N) is 1. The molecule has 5 N–H and O–H groups in total. The third-order valence-electron chi connectivity index (χ3n) is 10.1. The summed E-state index contributed by atoms with van der Waals surface area (Å²) >= 11 is 0. The van der Waals surface area contributed by atoms with Crippen molar-refractivity contribution in [1.82, 2.24) is 0 Å². The summed E-state index contributed by atoms with van der Waals surface area (Å²) in [5.74, 6) is -2.83. The molecule has 0 aliphatic heterocycles. The standard InChI is InChI=1S/C44H76NO12P/c1-3-5-7-8-9-10-11-12-13-14-15-16-17-18-24-28-43(49)57-38(34-55-58(52,53)56-35-40(45)44(50)51)33-54-42(48)27-23-20-19-22-25-36-29-32-41(47)39(36)31-30-37(46)26-21-6-4-2/h19,22,29-32,36-40,46H,3-18,20-21,23-28,33-35,45H2,1-2H3,(H,50,51)(H,52,53)/b22-19-,31-30+/t36-,37-,38+,39+,40-/m0/s1. The number of aliphatic hydroxyl groups excluding tert-OH is 1. The van der Waals surface area contributed by atoms with Crippen molar-refractivity contribution in [3.8, 4) is 0 Å². The van der Waals surface area contributed by atoms with Gasteiger partial charge < -0.3 is 30.3 Å². The lowest BCUT2D eigenvalue weighted by atomic mass is 9.90. The van der Waals surface area contributed by atoms with Crippen molar-refractivity contribution >= 4 is 31.5 Å². The van der Waals surface area contributed by atoms with Crippen LogP contribution in [0.3, 0.4) is 0 Å². The van der Waals surface area contributed by atoms with E-state index < -0.39 is 63.8 Å². The first-order chi connectivity index (χ1) is 27.9. The number of aliphatic hydroxyl groups is 1. The fourth-order valence-electron chi connectivity index (χ4n) is 6.53. The normalized spacial score (nSPS) is 18.1. The smallest absolute Gasteiger partial charge is 0.472 e. The van der Waals surface area contributed by atoms with Crippen LogP contribution in [-0.2, 0) is 42.3 Å². The van der Waals surface area contributed by atoms with Crippen LogP contribution in [0, 0.1) is 11.8 Å². The third kappa shape index (κ3) is 28.7. The summed E-state index contributed by atoms with van der Waals surface area (Å²) in [4.78, 5) is 58.5. The lowest BCUT2D eigenvalue weighted by Crippen LogP contribution is -2.34. The average molecular weight is 842 g/mol. The Kier molecular flexibility index (Phi) is 31.4. The predicted molar refractivity (Wildman–Crippen MR) is 226 cm³/mol. The second-order valence-electron chi connectivity index (χ2n) is 15.5. The molecule has 13 nitrogen and oxygen atoms in total. The molecular formula is C44H76NO12P. The summed E-state index contributed by atoms with van der Waals surface area (Å²) in [6.07, 6.45) is 32.7. The fraction of sp³-hybridized carbons (Fsp3) is 0.773. The van der Waals surface area contributed by atoms with Crippen LogP contribution >= 0.6 is 7.82 Å². The number of phosphoric ester groups is 1. The molecule has 0 fully saturated rings. The number of hydrogen-bond acceptors (Lipinski definition) is 11. The molecule has 1 aliphatic rings. The minimum absolute atomic E-state index is 0.00223. The summed E-state index contributed by atoms with van der Waals surface area (Å²) < 4.78 is 32.7. The van der Waals surface area contributed by atoms with E-state index in [0.717, 1.165) is 38.5 Å². The maximum absolute atomic E-state index is 12.7. The highest BCUT2D eigenvalue weighted by molar-refractivity contribution is 7.47. The van der Waals surface area contributed by atoms with E-state index >= 15 is 0 Å². The molecule has 0 saturated carbocycles. The van der Waals surface area contributed by atoms with Crippen LogP contribution in [0.1, 0.15) is 168 Å². The highest BCUT2D eigenvalue weighted by Gasteiger charge is 2.29. The molecule has 6 atom stereocenters. The fourth-order valence-corrected chi connectivity index (χ4v) is 7.30. The van der Waals surface area contributed by atoms with Crippen LogP contribution in [0.2, 0.25) is 0 Å². The van der Waals surface area contributed by atoms with Gasteiger partial charge in [0, 0.05) is 18.8 Å². The van der Waals surface area contributed by atoms with E-state index in [2.05, 4.69) is 18.4 Å². The second kappa shape index (κ2) is 34.1. The molecule has 0 aromatic carbocycles. The van der Waals surface area contributed by atoms with Crippen molar-refractivity contribution in [2.45, 2.75) is 186 Å². The van der Waals surface area contributed by atoms with Crippen LogP contribution < -0.4 is 5.73 Å². The summed E-state index contributed by atoms with van der Waals surface area (Å²) in [5.41, 5.74) is 5.33. The Morgan fingerprint density at radius 1 is 0.776 bits per heavy atom. The van der Waals surface area contributed by atoms with E-state index in [9.17, 15) is 33.7 Å². The van der Waals surface area contributed by atoms with Crippen molar-refractivity contribution in [2.24, 2.45) is 17.6 Å². The zero-order valence-electron chi connectivity index (χ0n) is 35.5. The summed E-state index contributed by atoms with van der Waals surface area (Å²) in [6, 6.07) is -1.55. The molecule has 0 bridgehead atoms. The largest absolute Gasteiger partial charge is 0.480 e. The number of phosphoric acid groups is 1. The zero-order chi connectivity index (χ0) is 42.9. The first-order valence-corrected chi connectivity index (χ1v) is 23.6. The van der Waals surface area contributed by atoms with Gasteiger partial charge in [-0.1, -0.05) is 153 Å². The Bertz CT molecular complexity index is 1270. The maximum atomic E-state index is 12.7. The van der Waals surface area contributed by atoms with E-state index in [0.29, 0.717) is 32.1 Å². The van der Waals surface area contributed by atoms with Gasteiger partial charge in [-0.15, -0.1) is 0 Å². The van der Waals surface area contributed by atoms with E-state index in [1.807, 2.05) is 24.3 Å². The highest BCUT2D eigenvalue weighted by atomic mass is 31.2. The van der Waals surface area contributed by atoms with Crippen molar-refractivity contribution in [2.75, 3.05) is 19.8 Å². The summed E-state index contributed by atoms with van der Waals surface area (Å²) in [6.45, 7) is 2.51. The highest BCUT2D eigenvalue weighted by Crippen LogP contribution is 2.43. The van der Waals surface area contributed by atoms with Gasteiger partial charge in [0.1, 0.15) is 12.6 Å². The molecule has 0 spiro atoms. The topological polar surface area (TPSA) is 209 Å². The van der Waals surface area contributed by atoms with Gasteiger partial charge in [0.05, 0.1) is 19.3 Å². The van der Waals surface area contributed by atoms with E-state index in [-0.39, 0.29) is 30.5 Å². The number of allylic oxidation sites excluding steroid dienone is 5. The van der Waals surface area contributed by atoms with Crippen LogP contribution in [0.5, 0.6) is 0 Å². The number of carbonyl (C=O) groups excluding carboxylic acids is 3. The SMILES string of the molecule is CCCCCCCCCCCCCCCCCC(=O)O[C@H](COC(=O)CCC/C=C\C[C@H]1C=CC(=O)[C@@H]1/C=C/[C@@H](O)CCCCC)COP(=O)(O)OC[C@H](N)C(=O)O. The molecule has 0 amide bonds. The third-order valence-corrected chi connectivity index (χ3v) is 11.1. The van der Waals surface area contributed by atoms with Gasteiger partial charge in [0.25, 0.3) is 0 Å². The van der Waals surface area contributed by atoms with Crippen molar-refractivity contribution in [3.63, 3.8) is 0 Å².